The second kappa shape index (κ2) is 9.32. The molecule has 1 fully saturated rings. The molecular formula is C22H31N3O3. The normalized spacial score (nSPS) is 21.9. The van der Waals surface area contributed by atoms with E-state index in [4.69, 9.17) is 0 Å². The number of nitrogens with zero attached hydrogens (tertiary/aromatic N) is 2. The summed E-state index contributed by atoms with van der Waals surface area (Å²) in [4.78, 5) is 41.8. The van der Waals surface area contributed by atoms with Crippen LogP contribution in [0.25, 0.3) is 0 Å². The molecule has 1 aliphatic heterocycles. The highest BCUT2D eigenvalue weighted by molar-refractivity contribution is 6.21. The molecular weight excluding hydrogens is 354 g/mol. The minimum absolute atomic E-state index is 0.0319. The zero-order valence-electron chi connectivity index (χ0n) is 16.9. The molecule has 152 valence electrons. The molecule has 28 heavy (non-hydrogen) atoms. The van der Waals surface area contributed by atoms with Gasteiger partial charge in [0, 0.05) is 25.6 Å². The Morgan fingerprint density at radius 2 is 1.68 bits per heavy atom. The molecule has 1 saturated carbocycles. The van der Waals surface area contributed by atoms with E-state index in [1.54, 1.807) is 24.3 Å². The Morgan fingerprint density at radius 3 is 2.29 bits per heavy atom. The predicted molar refractivity (Wildman–Crippen MR) is 108 cm³/mol. The van der Waals surface area contributed by atoms with Crippen LogP contribution in [0.15, 0.2) is 24.3 Å². The molecule has 3 rings (SSSR count). The molecule has 0 spiro atoms. The second-order valence-corrected chi connectivity index (χ2v) is 7.74. The van der Waals surface area contributed by atoms with Crippen molar-refractivity contribution < 1.29 is 14.4 Å². The first kappa shape index (κ1) is 20.5. The van der Waals surface area contributed by atoms with Crippen LogP contribution in [0.3, 0.4) is 0 Å². The monoisotopic (exact) mass is 385 g/mol. The molecule has 1 aromatic rings. The second-order valence-electron chi connectivity index (χ2n) is 7.74. The summed E-state index contributed by atoms with van der Waals surface area (Å²) in [6.45, 7) is 7.98. The van der Waals surface area contributed by atoms with Crippen LogP contribution in [0, 0.1) is 11.8 Å². The van der Waals surface area contributed by atoms with E-state index in [0.29, 0.717) is 24.2 Å². The molecule has 2 atom stereocenters. The van der Waals surface area contributed by atoms with Crippen molar-refractivity contribution >= 4 is 17.7 Å². The van der Waals surface area contributed by atoms with Gasteiger partial charge in [0.05, 0.1) is 11.1 Å². The van der Waals surface area contributed by atoms with Crippen molar-refractivity contribution in [2.75, 3.05) is 32.7 Å². The number of likely N-dealkylation sites (N-methyl/N-ethyl adjacent to an activating group) is 1. The molecule has 1 aliphatic carbocycles. The van der Waals surface area contributed by atoms with Crippen LogP contribution in [0.2, 0.25) is 0 Å². The fourth-order valence-corrected chi connectivity index (χ4v) is 4.42. The number of hydrogen-bond donors (Lipinski definition) is 1. The lowest BCUT2D eigenvalue weighted by Crippen LogP contribution is -2.44. The third-order valence-electron chi connectivity index (χ3n) is 6.16. The van der Waals surface area contributed by atoms with Gasteiger partial charge in [0.1, 0.15) is 0 Å². The third-order valence-corrected chi connectivity index (χ3v) is 6.16. The largest absolute Gasteiger partial charge is 0.355 e. The van der Waals surface area contributed by atoms with Gasteiger partial charge in [-0.3, -0.25) is 19.3 Å². The Kier molecular flexibility index (Phi) is 6.83. The average Bonchev–Trinajstić information content (AvgIpc) is 2.96. The smallest absolute Gasteiger partial charge is 0.261 e. The Bertz CT molecular complexity index is 694. The number of carbonyl (C=O) groups excluding carboxylic acids is 3. The maximum absolute atomic E-state index is 12.8. The first-order valence-electron chi connectivity index (χ1n) is 10.5. The first-order valence-corrected chi connectivity index (χ1v) is 10.5. The Balaban J connectivity index is 1.62. The van der Waals surface area contributed by atoms with E-state index < -0.39 is 0 Å². The summed E-state index contributed by atoms with van der Waals surface area (Å²) in [7, 11) is 0. The van der Waals surface area contributed by atoms with Gasteiger partial charge in [0.15, 0.2) is 0 Å². The van der Waals surface area contributed by atoms with Crippen molar-refractivity contribution in [1.82, 2.24) is 15.1 Å². The molecule has 1 heterocycles. The summed E-state index contributed by atoms with van der Waals surface area (Å²) in [6.07, 6.45) is 3.76. The molecule has 6 heteroatoms. The summed E-state index contributed by atoms with van der Waals surface area (Å²) in [5.74, 6) is -0.494. The molecule has 0 radical (unpaired) electrons. The zero-order valence-corrected chi connectivity index (χ0v) is 16.9. The van der Waals surface area contributed by atoms with Gasteiger partial charge in [-0.2, -0.15) is 0 Å². The van der Waals surface area contributed by atoms with Crippen LogP contribution >= 0.6 is 0 Å². The summed E-state index contributed by atoms with van der Waals surface area (Å²) >= 11 is 0. The van der Waals surface area contributed by atoms with Gasteiger partial charge in [0.25, 0.3) is 11.8 Å². The molecule has 6 nitrogen and oxygen atoms in total. The lowest BCUT2D eigenvalue weighted by molar-refractivity contribution is -0.128. The topological polar surface area (TPSA) is 69.7 Å². The predicted octanol–water partition coefficient (Wildman–Crippen LogP) is 2.55. The summed E-state index contributed by atoms with van der Waals surface area (Å²) in [5, 5.41) is 3.08. The highest BCUT2D eigenvalue weighted by Gasteiger charge is 2.39. The Morgan fingerprint density at radius 1 is 1.07 bits per heavy atom. The minimum Gasteiger partial charge on any atom is -0.355 e. The van der Waals surface area contributed by atoms with Gasteiger partial charge in [-0.25, -0.2) is 0 Å². The summed E-state index contributed by atoms with van der Waals surface area (Å²) in [6, 6.07) is 6.96. The Hall–Kier alpha value is -2.21. The Labute approximate surface area is 167 Å². The lowest BCUT2D eigenvalue weighted by Gasteiger charge is -2.33. The summed E-state index contributed by atoms with van der Waals surface area (Å²) < 4.78 is 0. The van der Waals surface area contributed by atoms with Crippen LogP contribution in [0.5, 0.6) is 0 Å². The van der Waals surface area contributed by atoms with Crippen molar-refractivity contribution in [2.45, 2.75) is 39.5 Å². The third kappa shape index (κ3) is 4.27. The average molecular weight is 386 g/mol. The lowest BCUT2D eigenvalue weighted by atomic mass is 9.78. The molecule has 0 bridgehead atoms. The van der Waals surface area contributed by atoms with E-state index in [2.05, 4.69) is 24.1 Å². The molecule has 3 amide bonds. The fraction of sp³-hybridized carbons (Fsp3) is 0.591. The van der Waals surface area contributed by atoms with E-state index >= 15 is 0 Å². The molecule has 2 aliphatic rings. The number of hydrogen-bond acceptors (Lipinski definition) is 4. The van der Waals surface area contributed by atoms with E-state index in [1.807, 2.05) is 0 Å². The van der Waals surface area contributed by atoms with Gasteiger partial charge in [0.2, 0.25) is 5.91 Å². The molecule has 1 aromatic carbocycles. The zero-order chi connectivity index (χ0) is 20.1. The van der Waals surface area contributed by atoms with Gasteiger partial charge in [-0.1, -0.05) is 38.8 Å². The molecule has 0 aromatic heterocycles. The highest BCUT2D eigenvalue weighted by atomic mass is 16.2. The van der Waals surface area contributed by atoms with E-state index in [-0.39, 0.29) is 29.6 Å². The van der Waals surface area contributed by atoms with Crippen LogP contribution in [0.4, 0.5) is 0 Å². The van der Waals surface area contributed by atoms with E-state index in [1.165, 1.54) is 4.90 Å². The van der Waals surface area contributed by atoms with Crippen LogP contribution in [0.1, 0.15) is 60.2 Å². The fourth-order valence-electron chi connectivity index (χ4n) is 4.42. The number of imide groups is 1. The van der Waals surface area contributed by atoms with Crippen molar-refractivity contribution in [3.05, 3.63) is 35.4 Å². The number of amides is 3. The molecule has 0 saturated heterocycles. The molecule has 2 unspecified atom stereocenters. The van der Waals surface area contributed by atoms with Crippen molar-refractivity contribution in [1.29, 1.82) is 0 Å². The maximum Gasteiger partial charge on any atom is 0.261 e. The standard InChI is InChI=1S/C22H31N3O3/c1-3-24(4-2)14-13-23-20(26)17-10-6-5-9-16(17)15-25-21(27)18-11-7-8-12-19(18)22(25)28/h7-8,11-12,16-17H,3-6,9-10,13-15H2,1-2H3,(H,23,26). The number of carbonyl (C=O) groups is 3. The van der Waals surface area contributed by atoms with Crippen molar-refractivity contribution in [2.24, 2.45) is 11.8 Å². The SMILES string of the molecule is CCN(CC)CCNC(=O)C1CCCCC1CN1C(=O)c2ccccc2C1=O. The van der Waals surface area contributed by atoms with Crippen molar-refractivity contribution in [3.63, 3.8) is 0 Å². The van der Waals surface area contributed by atoms with Crippen molar-refractivity contribution in [3.8, 4) is 0 Å². The van der Waals surface area contributed by atoms with Crippen LogP contribution < -0.4 is 5.32 Å². The number of nitrogens with one attached hydrogen (secondary N) is 1. The number of benzene rings is 1. The first-order chi connectivity index (χ1) is 13.6. The van der Waals surface area contributed by atoms with E-state index in [0.717, 1.165) is 45.3 Å². The maximum atomic E-state index is 12.8. The van der Waals surface area contributed by atoms with Gasteiger partial charge in [-0.05, 0) is 44.0 Å². The van der Waals surface area contributed by atoms with Gasteiger partial charge < -0.3 is 10.2 Å². The van der Waals surface area contributed by atoms with Crippen LogP contribution in [-0.2, 0) is 4.79 Å². The quantitative estimate of drug-likeness (QED) is 0.698. The minimum atomic E-state index is -0.230. The number of fused-ring (bicyclic) bond motifs is 1. The van der Waals surface area contributed by atoms with Gasteiger partial charge in [-0.15, -0.1) is 0 Å². The number of rotatable bonds is 8. The highest BCUT2D eigenvalue weighted by Crippen LogP contribution is 2.33. The van der Waals surface area contributed by atoms with Crippen LogP contribution in [-0.4, -0.2) is 60.2 Å². The van der Waals surface area contributed by atoms with Gasteiger partial charge >= 0.3 is 0 Å². The van der Waals surface area contributed by atoms with E-state index in [9.17, 15) is 14.4 Å². The molecule has 1 N–H and O–H groups in total. The summed E-state index contributed by atoms with van der Waals surface area (Å²) in [5.41, 5.74) is 0.951.